The van der Waals surface area contributed by atoms with E-state index in [4.69, 9.17) is 0 Å². The van der Waals surface area contributed by atoms with Gasteiger partial charge in [-0.3, -0.25) is 4.79 Å². The summed E-state index contributed by atoms with van der Waals surface area (Å²) in [4.78, 5) is 14.6. The number of benzene rings is 1. The highest BCUT2D eigenvalue weighted by Crippen LogP contribution is 2.23. The van der Waals surface area contributed by atoms with Crippen molar-refractivity contribution >= 4 is 16.7 Å². The van der Waals surface area contributed by atoms with Crippen molar-refractivity contribution in [2.45, 2.75) is 26.3 Å². The van der Waals surface area contributed by atoms with Gasteiger partial charge < -0.3 is 9.47 Å². The van der Waals surface area contributed by atoms with Crippen molar-refractivity contribution in [2.24, 2.45) is 0 Å². The van der Waals surface area contributed by atoms with Gasteiger partial charge in [0.15, 0.2) is 5.78 Å². The number of fused-ring (bicyclic) bond motifs is 1. The minimum Gasteiger partial charge on any atom is -0.377 e. The number of hydrogen-bond acceptors (Lipinski definition) is 2. The monoisotopic (exact) mass is 286 g/mol. The summed E-state index contributed by atoms with van der Waals surface area (Å²) < 4.78 is 15.5. The molecular formula is C17H19FN2O. The number of carbonyl (C=O) groups is 1. The molecule has 0 unspecified atom stereocenters. The van der Waals surface area contributed by atoms with Crippen LogP contribution in [-0.4, -0.2) is 28.3 Å². The quantitative estimate of drug-likeness (QED) is 0.634. The Morgan fingerprint density at radius 2 is 2.10 bits per heavy atom. The van der Waals surface area contributed by atoms with Crippen molar-refractivity contribution in [1.82, 2.24) is 9.47 Å². The number of aromatic nitrogens is 1. The van der Waals surface area contributed by atoms with Crippen LogP contribution in [0.15, 0.2) is 36.7 Å². The Balaban J connectivity index is 1.95. The molecule has 0 bridgehead atoms. The van der Waals surface area contributed by atoms with Gasteiger partial charge in [-0.1, -0.05) is 0 Å². The highest BCUT2D eigenvalue weighted by Gasteiger charge is 2.14. The second-order valence-corrected chi connectivity index (χ2v) is 5.41. The summed E-state index contributed by atoms with van der Waals surface area (Å²) >= 11 is 0. The van der Waals surface area contributed by atoms with Gasteiger partial charge >= 0.3 is 0 Å². The van der Waals surface area contributed by atoms with Crippen molar-refractivity contribution in [3.63, 3.8) is 0 Å². The first-order valence-electron chi connectivity index (χ1n) is 7.44. The molecule has 1 aromatic carbocycles. The van der Waals surface area contributed by atoms with Crippen LogP contribution in [0.4, 0.5) is 4.39 Å². The summed E-state index contributed by atoms with van der Waals surface area (Å²) in [5, 5.41) is 0.688. The lowest BCUT2D eigenvalue weighted by Gasteiger charge is -2.09. The largest absolute Gasteiger partial charge is 0.377 e. The molecule has 3 rings (SSSR count). The summed E-state index contributed by atoms with van der Waals surface area (Å²) in [6.07, 6.45) is 7.65. The molecule has 0 saturated carbocycles. The molecule has 2 heterocycles. The smallest absolute Gasteiger partial charge is 0.189 e. The number of allylic oxidation sites excluding steroid dienone is 1. The molecule has 1 aromatic heterocycles. The Morgan fingerprint density at radius 3 is 2.81 bits per heavy atom. The maximum Gasteiger partial charge on any atom is 0.189 e. The van der Waals surface area contributed by atoms with Crippen LogP contribution in [0.25, 0.3) is 10.9 Å². The number of nitrogens with zero attached hydrogens (tertiary/aromatic N) is 2. The van der Waals surface area contributed by atoms with Crippen molar-refractivity contribution < 1.29 is 9.18 Å². The van der Waals surface area contributed by atoms with E-state index in [1.807, 2.05) is 23.9 Å². The van der Waals surface area contributed by atoms with E-state index in [2.05, 4.69) is 4.90 Å². The number of rotatable bonds is 4. The maximum absolute atomic E-state index is 13.5. The fourth-order valence-electron chi connectivity index (χ4n) is 2.88. The minimum atomic E-state index is -0.311. The van der Waals surface area contributed by atoms with Crippen molar-refractivity contribution in [3.05, 3.63) is 48.1 Å². The van der Waals surface area contributed by atoms with Gasteiger partial charge in [-0.2, -0.15) is 0 Å². The van der Waals surface area contributed by atoms with Crippen LogP contribution in [0.5, 0.6) is 0 Å². The number of aryl methyl sites for hydroxylation is 1. The molecule has 110 valence electrons. The van der Waals surface area contributed by atoms with Crippen LogP contribution in [0.1, 0.15) is 30.1 Å². The molecule has 3 nitrogen and oxygen atoms in total. The lowest BCUT2D eigenvalue weighted by Crippen LogP contribution is -2.11. The van der Waals surface area contributed by atoms with Gasteiger partial charge in [0, 0.05) is 54.6 Å². The highest BCUT2D eigenvalue weighted by molar-refractivity contribution is 6.13. The Kier molecular flexibility index (Phi) is 3.78. The third-order valence-corrected chi connectivity index (χ3v) is 4.03. The summed E-state index contributed by atoms with van der Waals surface area (Å²) in [5.74, 6) is -0.376. The summed E-state index contributed by atoms with van der Waals surface area (Å²) in [6.45, 7) is 4.78. The molecule has 1 aliphatic rings. The normalized spacial score (nSPS) is 15.4. The molecule has 1 aliphatic heterocycles. The number of halogens is 1. The lowest BCUT2D eigenvalue weighted by atomic mass is 10.1. The fourth-order valence-corrected chi connectivity index (χ4v) is 2.88. The Bertz CT molecular complexity index is 696. The van der Waals surface area contributed by atoms with E-state index in [0.29, 0.717) is 10.9 Å². The summed E-state index contributed by atoms with van der Waals surface area (Å²) in [5.41, 5.74) is 1.47. The van der Waals surface area contributed by atoms with E-state index in [1.54, 1.807) is 12.1 Å². The molecule has 1 fully saturated rings. The average molecular weight is 286 g/mol. The molecule has 4 heteroatoms. The van der Waals surface area contributed by atoms with Gasteiger partial charge in [0.2, 0.25) is 0 Å². The Morgan fingerprint density at radius 1 is 1.33 bits per heavy atom. The summed E-state index contributed by atoms with van der Waals surface area (Å²) in [7, 11) is 0. The molecule has 0 atom stereocenters. The maximum atomic E-state index is 13.5. The van der Waals surface area contributed by atoms with Gasteiger partial charge in [0.1, 0.15) is 5.82 Å². The van der Waals surface area contributed by atoms with E-state index in [-0.39, 0.29) is 11.6 Å². The van der Waals surface area contributed by atoms with E-state index < -0.39 is 0 Å². The molecule has 0 amide bonds. The number of hydrogen-bond donors (Lipinski definition) is 0. The Hall–Kier alpha value is -2.10. The summed E-state index contributed by atoms with van der Waals surface area (Å²) in [6, 6.07) is 4.61. The van der Waals surface area contributed by atoms with Crippen molar-refractivity contribution in [3.8, 4) is 0 Å². The average Bonchev–Trinajstić information content (AvgIpc) is 3.11. The molecule has 0 aliphatic carbocycles. The molecule has 2 aromatic rings. The second-order valence-electron chi connectivity index (χ2n) is 5.41. The molecule has 1 saturated heterocycles. The second kappa shape index (κ2) is 5.72. The van der Waals surface area contributed by atoms with Gasteiger partial charge in [0.25, 0.3) is 0 Å². The molecular weight excluding hydrogens is 267 g/mol. The van der Waals surface area contributed by atoms with Crippen LogP contribution >= 0.6 is 0 Å². The molecule has 0 radical (unpaired) electrons. The third kappa shape index (κ3) is 2.71. The number of ketones is 1. The first-order chi connectivity index (χ1) is 10.2. The van der Waals surface area contributed by atoms with Gasteiger partial charge in [0.05, 0.1) is 0 Å². The molecule has 0 N–H and O–H groups in total. The van der Waals surface area contributed by atoms with Crippen LogP contribution in [-0.2, 0) is 6.54 Å². The highest BCUT2D eigenvalue weighted by atomic mass is 19.1. The predicted octanol–water partition coefficient (Wildman–Crippen LogP) is 3.59. The van der Waals surface area contributed by atoms with Crippen LogP contribution < -0.4 is 0 Å². The van der Waals surface area contributed by atoms with Crippen LogP contribution in [0, 0.1) is 5.82 Å². The van der Waals surface area contributed by atoms with Crippen LogP contribution in [0.3, 0.4) is 0 Å². The predicted molar refractivity (Wildman–Crippen MR) is 81.8 cm³/mol. The first-order valence-corrected chi connectivity index (χ1v) is 7.44. The molecule has 0 spiro atoms. The first kappa shape index (κ1) is 13.9. The lowest BCUT2D eigenvalue weighted by molar-refractivity contribution is 0.104. The van der Waals surface area contributed by atoms with E-state index in [1.165, 1.54) is 25.0 Å². The fraction of sp³-hybridized carbons (Fsp3) is 0.353. The topological polar surface area (TPSA) is 25.2 Å². The Labute approximate surface area is 123 Å². The van der Waals surface area contributed by atoms with E-state index in [0.717, 1.165) is 25.2 Å². The van der Waals surface area contributed by atoms with Crippen molar-refractivity contribution in [1.29, 1.82) is 0 Å². The minimum absolute atomic E-state index is 0.0651. The van der Waals surface area contributed by atoms with Gasteiger partial charge in [-0.25, -0.2) is 4.39 Å². The zero-order chi connectivity index (χ0) is 14.8. The van der Waals surface area contributed by atoms with Crippen molar-refractivity contribution in [2.75, 3.05) is 13.1 Å². The number of likely N-dealkylation sites (tertiary alicyclic amines) is 1. The zero-order valence-electron chi connectivity index (χ0n) is 12.2. The van der Waals surface area contributed by atoms with E-state index in [9.17, 15) is 9.18 Å². The van der Waals surface area contributed by atoms with E-state index >= 15 is 0 Å². The van der Waals surface area contributed by atoms with Gasteiger partial charge in [-0.05, 0) is 38.0 Å². The zero-order valence-corrected chi connectivity index (χ0v) is 12.2. The standard InChI is InChI=1S/C17H19FN2O/c1-2-20-12-15(14-11-13(18)5-6-16(14)20)17(21)7-10-19-8-3-4-9-19/h5-7,10-12H,2-4,8-9H2,1H3/b10-7+. The molecule has 21 heavy (non-hydrogen) atoms. The number of carbonyl (C=O) groups excluding carboxylic acids is 1. The third-order valence-electron chi connectivity index (χ3n) is 4.03. The SMILES string of the molecule is CCn1cc(C(=O)/C=C/N2CCCC2)c2cc(F)ccc21. The van der Waals surface area contributed by atoms with Crippen LogP contribution in [0.2, 0.25) is 0 Å². The van der Waals surface area contributed by atoms with Gasteiger partial charge in [-0.15, -0.1) is 0 Å².